The molecule has 1 aliphatic carbocycles. The van der Waals surface area contributed by atoms with Crippen LogP contribution in [0.1, 0.15) is 25.8 Å². The Morgan fingerprint density at radius 2 is 2.10 bits per heavy atom. The standard InChI is InChI=1S/C13H16F2N2O3/c1-13(2)11(5-12(13)18)16-6-7-3-10(17(19)20)9(15)4-8(7)14/h3-4,11-12,16,18H,5-6H2,1-2H3. The average molecular weight is 286 g/mol. The fourth-order valence-electron chi connectivity index (χ4n) is 2.34. The summed E-state index contributed by atoms with van der Waals surface area (Å²) in [6.07, 6.45) is 0.116. The van der Waals surface area contributed by atoms with E-state index in [9.17, 15) is 24.0 Å². The van der Waals surface area contributed by atoms with E-state index in [1.165, 1.54) is 0 Å². The summed E-state index contributed by atoms with van der Waals surface area (Å²) in [6.45, 7) is 3.80. The lowest BCUT2D eigenvalue weighted by Crippen LogP contribution is -2.59. The van der Waals surface area contributed by atoms with Gasteiger partial charge < -0.3 is 10.4 Å². The lowest BCUT2D eigenvalue weighted by atomic mass is 9.64. The van der Waals surface area contributed by atoms with Gasteiger partial charge >= 0.3 is 5.69 Å². The Bertz CT molecular complexity index is 549. The minimum Gasteiger partial charge on any atom is -0.392 e. The molecule has 1 aromatic carbocycles. The van der Waals surface area contributed by atoms with E-state index < -0.39 is 28.3 Å². The van der Waals surface area contributed by atoms with E-state index in [0.29, 0.717) is 12.5 Å². The molecule has 2 unspecified atom stereocenters. The summed E-state index contributed by atoms with van der Waals surface area (Å²) in [7, 11) is 0. The molecule has 110 valence electrons. The summed E-state index contributed by atoms with van der Waals surface area (Å²) in [5.41, 5.74) is -1.03. The van der Waals surface area contributed by atoms with Crippen LogP contribution in [0.4, 0.5) is 14.5 Å². The first-order valence-electron chi connectivity index (χ1n) is 6.27. The zero-order valence-electron chi connectivity index (χ0n) is 11.2. The van der Waals surface area contributed by atoms with Crippen molar-refractivity contribution in [3.63, 3.8) is 0 Å². The number of rotatable bonds is 4. The van der Waals surface area contributed by atoms with Gasteiger partial charge in [-0.1, -0.05) is 13.8 Å². The van der Waals surface area contributed by atoms with Crippen LogP contribution in [-0.4, -0.2) is 22.2 Å². The van der Waals surface area contributed by atoms with Crippen molar-refractivity contribution in [3.05, 3.63) is 39.4 Å². The Labute approximate surface area is 114 Å². The number of aliphatic hydroxyl groups is 1. The molecular formula is C13H16F2N2O3. The molecule has 20 heavy (non-hydrogen) atoms. The summed E-state index contributed by atoms with van der Waals surface area (Å²) in [5, 5.41) is 23.3. The molecule has 1 saturated carbocycles. The number of aliphatic hydroxyl groups excluding tert-OH is 1. The molecule has 1 fully saturated rings. The largest absolute Gasteiger partial charge is 0.392 e. The predicted octanol–water partition coefficient (Wildman–Crippen LogP) is 2.12. The third-order valence-electron chi connectivity index (χ3n) is 4.07. The molecule has 0 aliphatic heterocycles. The third kappa shape index (κ3) is 2.51. The van der Waals surface area contributed by atoms with E-state index in [-0.39, 0.29) is 23.6 Å². The molecule has 7 heteroatoms. The molecule has 0 heterocycles. The van der Waals surface area contributed by atoms with E-state index in [1.807, 2.05) is 13.8 Å². The lowest BCUT2D eigenvalue weighted by molar-refractivity contribution is -0.387. The number of nitro benzene ring substituents is 1. The zero-order chi connectivity index (χ0) is 15.1. The van der Waals surface area contributed by atoms with E-state index >= 15 is 0 Å². The van der Waals surface area contributed by atoms with E-state index in [4.69, 9.17) is 0 Å². The summed E-state index contributed by atoms with van der Waals surface area (Å²) >= 11 is 0. The van der Waals surface area contributed by atoms with Crippen LogP contribution >= 0.6 is 0 Å². The molecule has 0 bridgehead atoms. The predicted molar refractivity (Wildman–Crippen MR) is 68.0 cm³/mol. The zero-order valence-corrected chi connectivity index (χ0v) is 11.2. The van der Waals surface area contributed by atoms with Crippen molar-refractivity contribution in [2.75, 3.05) is 0 Å². The molecule has 1 aliphatic rings. The van der Waals surface area contributed by atoms with Gasteiger partial charge in [0.1, 0.15) is 5.82 Å². The quantitative estimate of drug-likeness (QED) is 0.656. The molecule has 0 amide bonds. The first-order chi connectivity index (χ1) is 9.23. The number of nitrogens with zero attached hydrogens (tertiary/aromatic N) is 1. The van der Waals surface area contributed by atoms with Crippen LogP contribution in [0.3, 0.4) is 0 Å². The van der Waals surface area contributed by atoms with Crippen molar-refractivity contribution < 1.29 is 18.8 Å². The van der Waals surface area contributed by atoms with Crippen molar-refractivity contribution in [2.45, 2.75) is 39.0 Å². The molecule has 2 atom stereocenters. The molecule has 5 nitrogen and oxygen atoms in total. The maximum Gasteiger partial charge on any atom is 0.305 e. The highest BCUT2D eigenvalue weighted by Crippen LogP contribution is 2.40. The van der Waals surface area contributed by atoms with Gasteiger partial charge in [-0.25, -0.2) is 4.39 Å². The van der Waals surface area contributed by atoms with E-state index in [2.05, 4.69) is 5.32 Å². The molecular weight excluding hydrogens is 270 g/mol. The fraction of sp³-hybridized carbons (Fsp3) is 0.538. The maximum atomic E-state index is 13.6. The molecule has 2 rings (SSSR count). The second-order valence-corrected chi connectivity index (χ2v) is 5.66. The minimum atomic E-state index is -1.18. The van der Waals surface area contributed by atoms with Gasteiger partial charge in [-0.2, -0.15) is 4.39 Å². The number of nitro groups is 1. The molecule has 0 aromatic heterocycles. The van der Waals surface area contributed by atoms with Crippen molar-refractivity contribution in [1.29, 1.82) is 0 Å². The second-order valence-electron chi connectivity index (χ2n) is 5.66. The van der Waals surface area contributed by atoms with Crippen LogP contribution in [0.5, 0.6) is 0 Å². The Morgan fingerprint density at radius 3 is 2.60 bits per heavy atom. The highest BCUT2D eigenvalue weighted by atomic mass is 19.1. The fourth-order valence-corrected chi connectivity index (χ4v) is 2.34. The van der Waals surface area contributed by atoms with E-state index in [0.717, 1.165) is 6.07 Å². The molecule has 0 spiro atoms. The van der Waals surface area contributed by atoms with Crippen molar-refractivity contribution >= 4 is 5.69 Å². The molecule has 0 radical (unpaired) electrons. The van der Waals surface area contributed by atoms with E-state index in [1.54, 1.807) is 0 Å². The Kier molecular flexibility index (Phi) is 3.75. The van der Waals surface area contributed by atoms with Crippen LogP contribution < -0.4 is 5.32 Å². The Hall–Kier alpha value is -1.60. The van der Waals surface area contributed by atoms with Gasteiger partial charge in [0, 0.05) is 35.7 Å². The van der Waals surface area contributed by atoms with Crippen LogP contribution in [0, 0.1) is 27.2 Å². The van der Waals surface area contributed by atoms with Crippen LogP contribution in [-0.2, 0) is 6.54 Å². The Balaban J connectivity index is 2.11. The van der Waals surface area contributed by atoms with Gasteiger partial charge in [0.05, 0.1) is 11.0 Å². The van der Waals surface area contributed by atoms with Gasteiger partial charge in [-0.05, 0) is 6.42 Å². The summed E-state index contributed by atoms with van der Waals surface area (Å²) in [5.74, 6) is -2.01. The first-order valence-corrected chi connectivity index (χ1v) is 6.27. The lowest BCUT2D eigenvalue weighted by Gasteiger charge is -2.49. The van der Waals surface area contributed by atoms with Gasteiger partial charge in [-0.15, -0.1) is 0 Å². The Morgan fingerprint density at radius 1 is 1.45 bits per heavy atom. The van der Waals surface area contributed by atoms with Crippen molar-refractivity contribution in [3.8, 4) is 0 Å². The molecule has 0 saturated heterocycles. The summed E-state index contributed by atoms with van der Waals surface area (Å²) in [4.78, 5) is 9.75. The normalized spacial score (nSPS) is 24.2. The second kappa shape index (κ2) is 5.06. The van der Waals surface area contributed by atoms with Crippen LogP contribution in [0.2, 0.25) is 0 Å². The van der Waals surface area contributed by atoms with Gasteiger partial charge in [-0.3, -0.25) is 10.1 Å². The number of hydrogen-bond donors (Lipinski definition) is 2. The minimum absolute atomic E-state index is 0.0130. The monoisotopic (exact) mass is 286 g/mol. The molecule has 1 aromatic rings. The SMILES string of the molecule is CC1(C)C(O)CC1NCc1cc([N+](=O)[O-])c(F)cc1F. The average Bonchev–Trinajstić information content (AvgIpc) is 2.35. The number of hydrogen-bond acceptors (Lipinski definition) is 4. The summed E-state index contributed by atoms with van der Waals surface area (Å²) in [6, 6.07) is 1.41. The number of halogens is 2. The number of benzene rings is 1. The van der Waals surface area contributed by atoms with Crippen molar-refractivity contribution in [2.24, 2.45) is 5.41 Å². The highest BCUT2D eigenvalue weighted by molar-refractivity contribution is 5.37. The number of nitrogens with one attached hydrogen (secondary N) is 1. The van der Waals surface area contributed by atoms with Crippen molar-refractivity contribution in [1.82, 2.24) is 5.32 Å². The van der Waals surface area contributed by atoms with Crippen LogP contribution in [0.25, 0.3) is 0 Å². The van der Waals surface area contributed by atoms with Crippen LogP contribution in [0.15, 0.2) is 12.1 Å². The third-order valence-corrected chi connectivity index (χ3v) is 4.07. The smallest absolute Gasteiger partial charge is 0.305 e. The van der Waals surface area contributed by atoms with Gasteiger partial charge in [0.2, 0.25) is 5.82 Å². The maximum absolute atomic E-state index is 13.6. The first kappa shape index (κ1) is 14.8. The highest BCUT2D eigenvalue weighted by Gasteiger charge is 2.46. The van der Waals surface area contributed by atoms with Gasteiger partial charge in [0.25, 0.3) is 0 Å². The summed E-state index contributed by atoms with van der Waals surface area (Å²) < 4.78 is 26.8. The molecule has 2 N–H and O–H groups in total. The van der Waals surface area contributed by atoms with Gasteiger partial charge in [0.15, 0.2) is 0 Å². The topological polar surface area (TPSA) is 75.4 Å².